The van der Waals surface area contributed by atoms with Gasteiger partial charge in [0.25, 0.3) is 0 Å². The van der Waals surface area contributed by atoms with Gasteiger partial charge in [-0.25, -0.2) is 0 Å². The molecule has 1 heterocycles. The number of unbranched alkanes of at least 4 members (excludes halogenated alkanes) is 3. The molecule has 0 bridgehead atoms. The van der Waals surface area contributed by atoms with Crippen LogP contribution in [-0.2, 0) is 11.0 Å². The molecule has 1 rings (SSSR count). The molecule has 0 unspecified atom stereocenters. The molecule has 0 aliphatic rings. The normalized spacial score (nSPS) is 13.3. The summed E-state index contributed by atoms with van der Waals surface area (Å²) in [6.07, 6.45) is 10.5. The molecule has 0 spiro atoms. The summed E-state index contributed by atoms with van der Waals surface area (Å²) in [7, 11) is -1.70. The van der Waals surface area contributed by atoms with Gasteiger partial charge in [0.05, 0.1) is 0 Å². The van der Waals surface area contributed by atoms with Crippen molar-refractivity contribution in [3.05, 3.63) is 11.2 Å². The first kappa shape index (κ1) is 25.6. The molecule has 158 valence electrons. The van der Waals surface area contributed by atoms with E-state index in [9.17, 15) is 0 Å². The van der Waals surface area contributed by atoms with Gasteiger partial charge in [0, 0.05) is 0 Å². The summed E-state index contributed by atoms with van der Waals surface area (Å²) in [4.78, 5) is 4.86. The Morgan fingerprint density at radius 1 is 0.963 bits per heavy atom. The second kappa shape index (κ2) is 11.7. The van der Waals surface area contributed by atoms with Gasteiger partial charge in [0.15, 0.2) is 0 Å². The molecule has 1 aromatic heterocycles. The van der Waals surface area contributed by atoms with Crippen molar-refractivity contribution in [2.24, 2.45) is 0 Å². The van der Waals surface area contributed by atoms with Gasteiger partial charge < -0.3 is 0 Å². The summed E-state index contributed by atoms with van der Waals surface area (Å²) in [6.45, 7) is 19.4. The van der Waals surface area contributed by atoms with Gasteiger partial charge in [-0.2, -0.15) is 0 Å². The second-order valence-corrected chi connectivity index (χ2v) is 29.8. The fraction of sp³-hybridized carbons (Fsp3) is 0.864. The maximum atomic E-state index is 6.46. The molecule has 1 aromatic rings. The molecule has 0 fully saturated rings. The molecule has 27 heavy (non-hydrogen) atoms. The molecule has 0 aliphatic heterocycles. The maximum absolute atomic E-state index is 6.46. The molecular formula is C22H45NOSSiSn. The van der Waals surface area contributed by atoms with Crippen LogP contribution >= 0.6 is 11.3 Å². The standard InChI is InChI=1S/C10H18NOSSi.3C4H9.Sn/c1-10(2,3)14(4,5)12-8-9-11-6-7-13-9;3*1-3-4-2;/h6H,8H2,1-5H3;3*1,3-4H2,2H3;. The van der Waals surface area contributed by atoms with E-state index in [0.717, 1.165) is 6.61 Å². The number of rotatable bonds is 13. The molecule has 0 saturated heterocycles. The van der Waals surface area contributed by atoms with Crippen LogP contribution in [0.3, 0.4) is 0 Å². The second-order valence-electron chi connectivity index (χ2n) is 9.76. The molecule has 2 nitrogen and oxygen atoms in total. The van der Waals surface area contributed by atoms with E-state index in [1.807, 2.05) is 11.3 Å². The molecule has 0 amide bonds. The Kier molecular flexibility index (Phi) is 11.1. The molecular weight excluding hydrogens is 473 g/mol. The van der Waals surface area contributed by atoms with Crippen molar-refractivity contribution in [2.45, 2.75) is 118 Å². The summed E-state index contributed by atoms with van der Waals surface area (Å²) in [6, 6.07) is 0. The van der Waals surface area contributed by atoms with E-state index < -0.39 is 26.7 Å². The zero-order valence-electron chi connectivity index (χ0n) is 19.4. The van der Waals surface area contributed by atoms with Crippen LogP contribution in [0.1, 0.15) is 85.1 Å². The summed E-state index contributed by atoms with van der Waals surface area (Å²) < 4.78 is 12.8. The number of hydrogen-bond donors (Lipinski definition) is 0. The molecule has 0 radical (unpaired) electrons. The number of thiazole rings is 1. The number of nitrogens with zero attached hydrogens (tertiary/aromatic N) is 1. The topological polar surface area (TPSA) is 22.1 Å². The van der Waals surface area contributed by atoms with Gasteiger partial charge >= 0.3 is 180 Å². The number of aromatic nitrogens is 1. The summed E-state index contributed by atoms with van der Waals surface area (Å²) in [5.41, 5.74) is 0. The van der Waals surface area contributed by atoms with E-state index >= 15 is 0 Å². The first-order valence-corrected chi connectivity index (χ1v) is 22.4. The zero-order chi connectivity index (χ0) is 20.6. The summed E-state index contributed by atoms with van der Waals surface area (Å²) in [5.74, 6) is 0. The van der Waals surface area contributed by atoms with E-state index in [0.29, 0.717) is 0 Å². The van der Waals surface area contributed by atoms with E-state index in [2.05, 4.69) is 60.8 Å². The van der Waals surface area contributed by atoms with Crippen LogP contribution < -0.4 is 2.89 Å². The zero-order valence-corrected chi connectivity index (χ0v) is 24.1. The molecule has 0 atom stereocenters. The van der Waals surface area contributed by atoms with Crippen LogP contribution in [0.15, 0.2) is 6.20 Å². The number of hydrogen-bond acceptors (Lipinski definition) is 3. The van der Waals surface area contributed by atoms with Crippen molar-refractivity contribution in [3.63, 3.8) is 0 Å². The van der Waals surface area contributed by atoms with Crippen LogP contribution in [0.2, 0.25) is 31.4 Å². The van der Waals surface area contributed by atoms with Gasteiger partial charge in [-0.1, -0.05) is 0 Å². The fourth-order valence-electron chi connectivity index (χ4n) is 3.37. The van der Waals surface area contributed by atoms with Gasteiger partial charge in [-0.15, -0.1) is 0 Å². The predicted octanol–water partition coefficient (Wildman–Crippen LogP) is 7.72. The summed E-state index contributed by atoms with van der Waals surface area (Å²) in [5, 5.41) is 1.49. The third-order valence-corrected chi connectivity index (χ3v) is 30.1. The Hall–Kier alpha value is 0.606. The third kappa shape index (κ3) is 7.74. The minimum absolute atomic E-state index is 0.263. The first-order valence-electron chi connectivity index (χ1n) is 11.2. The Bertz CT molecular complexity index is 517. The predicted molar refractivity (Wildman–Crippen MR) is 129 cm³/mol. The van der Waals surface area contributed by atoms with Crippen LogP contribution in [0.25, 0.3) is 0 Å². The van der Waals surface area contributed by atoms with E-state index in [-0.39, 0.29) is 5.04 Å². The van der Waals surface area contributed by atoms with Crippen molar-refractivity contribution in [1.82, 2.24) is 4.98 Å². The molecule has 0 aliphatic carbocycles. The quantitative estimate of drug-likeness (QED) is 0.250. The molecule has 0 aromatic carbocycles. The van der Waals surface area contributed by atoms with Crippen LogP contribution in [0, 0.1) is 0 Å². The van der Waals surface area contributed by atoms with Gasteiger partial charge in [0.2, 0.25) is 0 Å². The van der Waals surface area contributed by atoms with E-state index in [1.165, 1.54) is 56.8 Å². The van der Waals surface area contributed by atoms with Crippen LogP contribution in [-0.4, -0.2) is 31.7 Å². The Labute approximate surface area is 178 Å². The van der Waals surface area contributed by atoms with E-state index in [1.54, 1.807) is 2.89 Å². The van der Waals surface area contributed by atoms with Crippen LogP contribution in [0.5, 0.6) is 0 Å². The van der Waals surface area contributed by atoms with Gasteiger partial charge in [-0.3, -0.25) is 0 Å². The summed E-state index contributed by atoms with van der Waals surface area (Å²) >= 11 is -0.290. The monoisotopic (exact) mass is 519 g/mol. The minimum atomic E-state index is -2.31. The first-order chi connectivity index (χ1) is 12.6. The average molecular weight is 518 g/mol. The SMILES string of the molecule is CCC[CH2][Sn]([CH2]CCC)([CH2]CCC)[c]1cnc(CO[Si](C)(C)C(C)(C)C)s1. The molecule has 0 saturated carbocycles. The Balaban J connectivity index is 2.99. The van der Waals surface area contributed by atoms with Gasteiger partial charge in [0.1, 0.15) is 0 Å². The van der Waals surface area contributed by atoms with Crippen molar-refractivity contribution < 1.29 is 4.43 Å². The van der Waals surface area contributed by atoms with E-state index in [4.69, 9.17) is 9.41 Å². The van der Waals surface area contributed by atoms with Crippen LogP contribution in [0.4, 0.5) is 0 Å². The molecule has 0 N–H and O–H groups in total. The van der Waals surface area contributed by atoms with Crippen molar-refractivity contribution in [1.29, 1.82) is 0 Å². The average Bonchev–Trinajstić information content (AvgIpc) is 3.08. The van der Waals surface area contributed by atoms with Gasteiger partial charge in [-0.05, 0) is 0 Å². The third-order valence-electron chi connectivity index (χ3n) is 6.47. The van der Waals surface area contributed by atoms with Crippen molar-refractivity contribution >= 4 is 40.9 Å². The van der Waals surface area contributed by atoms with Crippen molar-refractivity contribution in [2.75, 3.05) is 0 Å². The Morgan fingerprint density at radius 2 is 1.44 bits per heavy atom. The Morgan fingerprint density at radius 3 is 1.85 bits per heavy atom. The molecule has 5 heteroatoms. The van der Waals surface area contributed by atoms with Crippen molar-refractivity contribution in [3.8, 4) is 0 Å². The fourth-order valence-corrected chi connectivity index (χ4v) is 24.2.